The Balaban J connectivity index is 0.000000182. The molecule has 9 rings (SSSR count). The van der Waals surface area contributed by atoms with Crippen LogP contribution in [0.3, 0.4) is 0 Å². The summed E-state index contributed by atoms with van der Waals surface area (Å²) in [5.41, 5.74) is 12.0. The van der Waals surface area contributed by atoms with Gasteiger partial charge in [0.15, 0.2) is 0 Å². The average molecular weight is 1050 g/mol. The van der Waals surface area contributed by atoms with Crippen molar-refractivity contribution in [2.75, 3.05) is 34.2 Å². The Morgan fingerprint density at radius 2 is 1.17 bits per heavy atom. The summed E-state index contributed by atoms with van der Waals surface area (Å²) in [4.78, 5) is 7.80. The number of aliphatic hydroxyl groups excluding tert-OH is 1. The molecule has 10 heteroatoms. The molecule has 0 aliphatic heterocycles. The number of pyridine rings is 1. The first-order valence-corrected chi connectivity index (χ1v) is 27.6. The van der Waals surface area contributed by atoms with E-state index in [4.69, 9.17) is 0 Å². The summed E-state index contributed by atoms with van der Waals surface area (Å²) in [6.45, 7) is 9.32. The highest BCUT2D eigenvalue weighted by Crippen LogP contribution is 2.29. The Morgan fingerprint density at radius 3 is 1.81 bits per heavy atom. The number of aromatic nitrogens is 3. The fourth-order valence-corrected chi connectivity index (χ4v) is 9.01. The number of hydrogen-bond acceptors (Lipinski definition) is 5. The molecule has 0 amide bonds. The number of aryl methyl sites for hydroxylation is 2. The van der Waals surface area contributed by atoms with Crippen LogP contribution in [0.25, 0.3) is 27.5 Å². The monoisotopic (exact) mass is 1040 g/mol. The van der Waals surface area contributed by atoms with Gasteiger partial charge < -0.3 is 30.6 Å². The molecule has 2 atom stereocenters. The van der Waals surface area contributed by atoms with Crippen LogP contribution in [0.5, 0.6) is 0 Å². The molecule has 2 unspecified atom stereocenters. The quantitative estimate of drug-likeness (QED) is 0.0463. The summed E-state index contributed by atoms with van der Waals surface area (Å²) in [5, 5.41) is 21.5. The Morgan fingerprint density at radius 1 is 0.558 bits per heavy atom. The van der Waals surface area contributed by atoms with Gasteiger partial charge in [-0.25, -0.2) is 13.2 Å². The van der Waals surface area contributed by atoms with Gasteiger partial charge in [0, 0.05) is 58.7 Å². The van der Waals surface area contributed by atoms with Gasteiger partial charge >= 0.3 is 0 Å². The number of nitrogens with one attached hydrogen (secondary N) is 4. The topological polar surface area (TPSA) is 89.9 Å². The van der Waals surface area contributed by atoms with Gasteiger partial charge in [-0.05, 0) is 180 Å². The molecule has 0 aliphatic rings. The zero-order valence-corrected chi connectivity index (χ0v) is 46.4. The van der Waals surface area contributed by atoms with E-state index in [-0.39, 0.29) is 17.5 Å². The van der Waals surface area contributed by atoms with Crippen LogP contribution < -0.4 is 16.0 Å². The Bertz CT molecular complexity index is 2960. The van der Waals surface area contributed by atoms with Crippen molar-refractivity contribution in [1.82, 2.24) is 30.5 Å². The van der Waals surface area contributed by atoms with Crippen molar-refractivity contribution in [2.24, 2.45) is 0 Å². The third-order valence-corrected chi connectivity index (χ3v) is 13.3. The minimum absolute atomic E-state index is 0.181. The maximum absolute atomic E-state index is 13.2. The molecule has 408 valence electrons. The fourth-order valence-electron chi connectivity index (χ4n) is 9.01. The number of likely N-dealkylation sites (N-methyl/N-ethyl adjacent to an activating group) is 1. The second-order valence-electron chi connectivity index (χ2n) is 19.4. The van der Waals surface area contributed by atoms with Gasteiger partial charge in [0.2, 0.25) is 0 Å². The van der Waals surface area contributed by atoms with Gasteiger partial charge in [0.25, 0.3) is 0 Å². The number of aliphatic hydroxyl groups is 1. The number of unbranched alkanes of at least 4 members (excludes halogenated alkanes) is 4. The van der Waals surface area contributed by atoms with E-state index in [9.17, 15) is 18.3 Å². The molecule has 0 bridgehead atoms. The van der Waals surface area contributed by atoms with E-state index in [1.807, 2.05) is 45.5 Å². The molecule has 0 spiro atoms. The second kappa shape index (κ2) is 34.8. The number of aromatic amines is 1. The first kappa shape index (κ1) is 61.0. The zero-order valence-electron chi connectivity index (χ0n) is 46.4. The van der Waals surface area contributed by atoms with Gasteiger partial charge in [0.1, 0.15) is 17.5 Å². The third-order valence-electron chi connectivity index (χ3n) is 13.3. The summed E-state index contributed by atoms with van der Waals surface area (Å²) in [6, 6.07) is 51.1. The van der Waals surface area contributed by atoms with Gasteiger partial charge in [-0.1, -0.05) is 143 Å². The van der Waals surface area contributed by atoms with E-state index in [1.54, 1.807) is 24.3 Å². The molecule has 5 N–H and O–H groups in total. The summed E-state index contributed by atoms with van der Waals surface area (Å²) < 4.78 is 40.2. The SMILES string of the molecule is CCCCC(c1ccc(C)cc1)c1ccccn1.CCCCCCc1cn(-c2ccc(F)cc2)c2ccccc12.CNCCCC(O)c1ccc(F)cc1.CNCCc1c[nH]c2ccccc12.CNCc1ccc(F)cc1. The molecule has 0 saturated carbocycles. The van der Waals surface area contributed by atoms with Crippen molar-refractivity contribution in [1.29, 1.82) is 0 Å². The van der Waals surface area contributed by atoms with Crippen LogP contribution in [-0.4, -0.2) is 53.9 Å². The molecule has 9 aromatic rings. The molecule has 0 radical (unpaired) electrons. The van der Waals surface area contributed by atoms with Crippen LogP contribution in [-0.2, 0) is 19.4 Å². The lowest BCUT2D eigenvalue weighted by molar-refractivity contribution is 0.164. The lowest BCUT2D eigenvalue weighted by atomic mass is 9.90. The van der Waals surface area contributed by atoms with Gasteiger partial charge in [0.05, 0.1) is 11.6 Å². The molecule has 3 heterocycles. The molecule has 0 aliphatic carbocycles. The smallest absolute Gasteiger partial charge is 0.123 e. The van der Waals surface area contributed by atoms with E-state index in [2.05, 4.69) is 149 Å². The van der Waals surface area contributed by atoms with Crippen molar-refractivity contribution in [2.45, 2.75) is 110 Å². The van der Waals surface area contributed by atoms with Crippen molar-refractivity contribution in [3.63, 3.8) is 0 Å². The van der Waals surface area contributed by atoms with E-state index < -0.39 is 6.10 Å². The van der Waals surface area contributed by atoms with Gasteiger partial charge in [-0.15, -0.1) is 0 Å². The fraction of sp³-hybridized carbons (Fsp3) is 0.328. The summed E-state index contributed by atoms with van der Waals surface area (Å²) in [7, 11) is 5.72. The van der Waals surface area contributed by atoms with Crippen molar-refractivity contribution < 1.29 is 18.3 Å². The minimum Gasteiger partial charge on any atom is -0.388 e. The van der Waals surface area contributed by atoms with Gasteiger partial charge in [-0.2, -0.15) is 0 Å². The maximum atomic E-state index is 13.2. The second-order valence-corrected chi connectivity index (χ2v) is 19.4. The predicted octanol–water partition coefficient (Wildman–Crippen LogP) is 15.9. The van der Waals surface area contributed by atoms with Crippen LogP contribution in [0.2, 0.25) is 0 Å². The maximum Gasteiger partial charge on any atom is 0.123 e. The number of halogens is 3. The summed E-state index contributed by atoms with van der Waals surface area (Å²) >= 11 is 0. The third kappa shape index (κ3) is 20.9. The van der Waals surface area contributed by atoms with E-state index in [0.29, 0.717) is 12.3 Å². The van der Waals surface area contributed by atoms with E-state index >= 15 is 0 Å². The van der Waals surface area contributed by atoms with Crippen molar-refractivity contribution in [3.8, 4) is 5.69 Å². The van der Waals surface area contributed by atoms with Gasteiger partial charge in [-0.3, -0.25) is 4.98 Å². The highest BCUT2D eigenvalue weighted by Gasteiger charge is 2.15. The lowest BCUT2D eigenvalue weighted by Gasteiger charge is -2.16. The number of nitrogens with zero attached hydrogens (tertiary/aromatic N) is 2. The van der Waals surface area contributed by atoms with Crippen molar-refractivity contribution >= 4 is 21.8 Å². The van der Waals surface area contributed by atoms with Crippen LogP contribution in [0.15, 0.2) is 182 Å². The molecular formula is C67H83F3N6O. The zero-order chi connectivity index (χ0) is 55.0. The van der Waals surface area contributed by atoms with Crippen LogP contribution in [0.1, 0.15) is 123 Å². The Kier molecular flexibility index (Phi) is 27.6. The Hall–Kier alpha value is -6.82. The number of para-hydroxylation sites is 2. The number of hydrogen-bond donors (Lipinski definition) is 5. The highest BCUT2D eigenvalue weighted by atomic mass is 19.1. The van der Waals surface area contributed by atoms with Crippen LogP contribution >= 0.6 is 0 Å². The first-order chi connectivity index (χ1) is 37.6. The molecule has 77 heavy (non-hydrogen) atoms. The average Bonchev–Trinajstić information content (AvgIpc) is 4.11. The molecule has 0 saturated heterocycles. The number of H-pyrrole nitrogens is 1. The van der Waals surface area contributed by atoms with E-state index in [1.165, 1.54) is 131 Å². The largest absolute Gasteiger partial charge is 0.388 e. The summed E-state index contributed by atoms with van der Waals surface area (Å²) in [6.07, 6.45) is 18.3. The first-order valence-electron chi connectivity index (χ1n) is 27.6. The Labute approximate surface area is 457 Å². The molecule has 6 aromatic carbocycles. The summed E-state index contributed by atoms with van der Waals surface area (Å²) in [5.74, 6) is -0.206. The molecule has 3 aromatic heterocycles. The minimum atomic E-state index is -0.482. The molecule has 0 fully saturated rings. The van der Waals surface area contributed by atoms with Crippen LogP contribution in [0, 0.1) is 24.4 Å². The predicted molar refractivity (Wildman–Crippen MR) is 317 cm³/mol. The standard InChI is InChI=1S/C20H22FN.C17H21N.C11H16FNO.C11H14N2.C8H10FN/c1-2-3-4-5-8-16-15-22(18-13-11-17(21)12-14-18)20-10-7-6-9-19(16)20;1-3-4-7-16(17-8-5-6-13-18-17)15-11-9-14(2)10-12-15;1-13-8-2-3-11(14)9-4-6-10(12)7-5-9;1-12-7-6-9-8-13-11-5-3-2-4-10(9)11;1-10-6-7-2-4-8(9)5-3-7/h6-7,9-15H,2-5,8H2,1H3;5-6,8-13,16H,3-4,7H2,1-2H3;4-7,11,13-14H,2-3,8H2,1H3;2-5,8,12-13H,6-7H2,1H3;2-5,10H,6H2,1H3. The molecule has 7 nitrogen and oxygen atoms in total. The van der Waals surface area contributed by atoms with Crippen molar-refractivity contribution in [3.05, 3.63) is 239 Å². The number of fused-ring (bicyclic) bond motifs is 2. The number of rotatable bonds is 21. The lowest BCUT2D eigenvalue weighted by Crippen LogP contribution is -2.09. The number of benzene rings is 6. The highest BCUT2D eigenvalue weighted by molar-refractivity contribution is 5.86. The normalized spacial score (nSPS) is 11.5. The van der Waals surface area contributed by atoms with Crippen LogP contribution in [0.4, 0.5) is 13.2 Å². The molecular weight excluding hydrogens is 962 g/mol. The van der Waals surface area contributed by atoms with E-state index in [0.717, 1.165) is 55.7 Å².